The van der Waals surface area contributed by atoms with Gasteiger partial charge in [-0.05, 0) is 57.4 Å². The number of ether oxygens (including phenoxy) is 1. The molecule has 0 amide bonds. The molecule has 0 aromatic heterocycles. The van der Waals surface area contributed by atoms with E-state index in [4.69, 9.17) is 4.74 Å². The van der Waals surface area contributed by atoms with Gasteiger partial charge in [-0.15, -0.1) is 0 Å². The first kappa shape index (κ1) is 20.5. The van der Waals surface area contributed by atoms with Crippen LogP contribution in [0.2, 0.25) is 0 Å². The minimum atomic E-state index is -3.68. The van der Waals surface area contributed by atoms with Gasteiger partial charge >= 0.3 is 0 Å². The molecule has 0 fully saturated rings. The molecular weight excluding hydrogens is 348 g/mol. The lowest BCUT2D eigenvalue weighted by atomic mass is 9.90. The second-order valence-electron chi connectivity index (χ2n) is 7.77. The predicted octanol–water partition coefficient (Wildman–Crippen LogP) is 3.94. The average molecular weight is 377 g/mol. The van der Waals surface area contributed by atoms with Crippen molar-refractivity contribution in [3.8, 4) is 5.75 Å². The van der Waals surface area contributed by atoms with Gasteiger partial charge in [0.05, 0.1) is 18.0 Å². The molecule has 1 N–H and O–H groups in total. The second-order valence-corrected chi connectivity index (χ2v) is 10.9. The van der Waals surface area contributed by atoms with Gasteiger partial charge in [0.2, 0.25) is 0 Å². The molecule has 4 nitrogen and oxygen atoms in total. The quantitative estimate of drug-likeness (QED) is 0.829. The molecule has 0 heterocycles. The Hall–Kier alpha value is -1.85. The van der Waals surface area contributed by atoms with Gasteiger partial charge in [0, 0.05) is 0 Å². The van der Waals surface area contributed by atoms with Crippen LogP contribution in [-0.2, 0) is 16.3 Å². The smallest absolute Gasteiger partial charge is 0.163 e. The number of methoxy groups -OCH3 is 1. The molecular formula is C21H28O4S. The van der Waals surface area contributed by atoms with Gasteiger partial charge in [0.25, 0.3) is 0 Å². The maximum Gasteiger partial charge on any atom is 0.163 e. The summed E-state index contributed by atoms with van der Waals surface area (Å²) in [6.45, 7) is 6.65. The van der Waals surface area contributed by atoms with Crippen molar-refractivity contribution in [3.63, 3.8) is 0 Å². The highest BCUT2D eigenvalue weighted by molar-refractivity contribution is 7.94. The Kier molecular flexibility index (Phi) is 5.83. The van der Waals surface area contributed by atoms with E-state index in [0.29, 0.717) is 11.3 Å². The second kappa shape index (κ2) is 7.41. The molecule has 0 radical (unpaired) electrons. The summed E-state index contributed by atoms with van der Waals surface area (Å²) in [5, 5.41) is 11.1. The first-order valence-corrected chi connectivity index (χ1v) is 10.1. The van der Waals surface area contributed by atoms with Crippen molar-refractivity contribution in [2.45, 2.75) is 49.7 Å². The molecule has 2 rings (SSSR count). The van der Waals surface area contributed by atoms with Crippen LogP contribution in [0.3, 0.4) is 0 Å². The van der Waals surface area contributed by atoms with E-state index in [1.165, 1.54) is 0 Å². The van der Waals surface area contributed by atoms with Crippen molar-refractivity contribution >= 4 is 9.84 Å². The van der Waals surface area contributed by atoms with Crippen LogP contribution in [0.25, 0.3) is 0 Å². The minimum Gasteiger partial charge on any atom is -0.497 e. The van der Waals surface area contributed by atoms with E-state index in [2.05, 4.69) is 0 Å². The first-order chi connectivity index (χ1) is 12.0. The van der Waals surface area contributed by atoms with Crippen molar-refractivity contribution in [2.24, 2.45) is 0 Å². The predicted molar refractivity (Wildman–Crippen MR) is 105 cm³/mol. The van der Waals surface area contributed by atoms with Crippen LogP contribution in [0.4, 0.5) is 0 Å². The summed E-state index contributed by atoms with van der Waals surface area (Å²) in [6.07, 6.45) is -0.946. The third-order valence-electron chi connectivity index (χ3n) is 4.83. The summed E-state index contributed by atoms with van der Waals surface area (Å²) in [5.41, 5.74) is 1.42. The normalized spacial score (nSPS) is 15.9. The fourth-order valence-corrected chi connectivity index (χ4v) is 5.36. The van der Waals surface area contributed by atoms with Crippen molar-refractivity contribution < 1.29 is 18.3 Å². The highest BCUT2D eigenvalue weighted by Gasteiger charge is 2.51. The Morgan fingerprint density at radius 2 is 1.50 bits per heavy atom. The molecule has 5 heteroatoms. The Bertz CT molecular complexity index is 821. The van der Waals surface area contributed by atoms with Crippen LogP contribution in [0, 0.1) is 0 Å². The van der Waals surface area contributed by atoms with Gasteiger partial charge in [0.1, 0.15) is 10.5 Å². The zero-order chi connectivity index (χ0) is 19.6. The molecule has 0 aliphatic carbocycles. The summed E-state index contributed by atoms with van der Waals surface area (Å²) in [6, 6.07) is 16.3. The molecule has 0 spiro atoms. The topological polar surface area (TPSA) is 63.6 Å². The van der Waals surface area contributed by atoms with Gasteiger partial charge in [-0.2, -0.15) is 0 Å². The fourth-order valence-electron chi connectivity index (χ4n) is 3.18. The van der Waals surface area contributed by atoms with Crippen molar-refractivity contribution in [1.82, 2.24) is 0 Å². The molecule has 2 aromatic carbocycles. The lowest BCUT2D eigenvalue weighted by Gasteiger charge is -2.39. The molecule has 0 saturated carbocycles. The van der Waals surface area contributed by atoms with Crippen LogP contribution in [0.1, 0.15) is 44.9 Å². The zero-order valence-electron chi connectivity index (χ0n) is 16.1. The van der Waals surface area contributed by atoms with Crippen LogP contribution in [0.5, 0.6) is 5.75 Å². The Labute approximate surface area is 156 Å². The Balaban J connectivity index is 2.55. The highest BCUT2D eigenvalue weighted by atomic mass is 32.2. The molecule has 0 aliphatic rings. The maximum atomic E-state index is 13.4. The Morgan fingerprint density at radius 1 is 0.962 bits per heavy atom. The van der Waals surface area contributed by atoms with Gasteiger partial charge in [-0.25, -0.2) is 8.42 Å². The zero-order valence-corrected chi connectivity index (χ0v) is 16.9. The van der Waals surface area contributed by atoms with Crippen molar-refractivity contribution in [2.75, 3.05) is 7.11 Å². The number of hydrogen-bond donors (Lipinski definition) is 1. The molecule has 142 valence electrons. The summed E-state index contributed by atoms with van der Waals surface area (Å²) in [5.74, 6) is 0.657. The lowest BCUT2D eigenvalue weighted by Crippen LogP contribution is -2.51. The van der Waals surface area contributed by atoms with Crippen LogP contribution >= 0.6 is 0 Å². The minimum absolute atomic E-state index is 0.223. The van der Waals surface area contributed by atoms with E-state index in [-0.39, 0.29) is 6.42 Å². The number of sulfone groups is 1. The summed E-state index contributed by atoms with van der Waals surface area (Å²) in [7, 11) is -2.12. The largest absolute Gasteiger partial charge is 0.497 e. The van der Waals surface area contributed by atoms with Gasteiger partial charge in [-0.3, -0.25) is 0 Å². The maximum absolute atomic E-state index is 13.4. The third kappa shape index (κ3) is 3.79. The summed E-state index contributed by atoms with van der Waals surface area (Å²) >= 11 is 0. The van der Waals surface area contributed by atoms with Crippen LogP contribution < -0.4 is 4.74 Å². The number of aliphatic hydroxyl groups is 1. The van der Waals surface area contributed by atoms with E-state index >= 15 is 0 Å². The van der Waals surface area contributed by atoms with Gasteiger partial charge in [-0.1, -0.05) is 42.5 Å². The molecule has 0 bridgehead atoms. The summed E-state index contributed by atoms with van der Waals surface area (Å²) < 4.78 is 29.6. The third-order valence-corrected chi connectivity index (χ3v) is 8.04. The van der Waals surface area contributed by atoms with E-state index in [9.17, 15) is 13.5 Å². The van der Waals surface area contributed by atoms with E-state index in [0.717, 1.165) is 5.56 Å². The molecule has 0 saturated heterocycles. The average Bonchev–Trinajstić information content (AvgIpc) is 2.60. The number of aliphatic hydroxyl groups excluding tert-OH is 1. The van der Waals surface area contributed by atoms with Gasteiger partial charge in [0.15, 0.2) is 9.84 Å². The molecule has 2 atom stereocenters. The van der Waals surface area contributed by atoms with E-state index in [1.807, 2.05) is 30.3 Å². The van der Waals surface area contributed by atoms with Crippen molar-refractivity contribution in [3.05, 3.63) is 65.7 Å². The molecule has 0 aliphatic heterocycles. The van der Waals surface area contributed by atoms with Gasteiger partial charge < -0.3 is 9.84 Å². The van der Waals surface area contributed by atoms with E-state index < -0.39 is 25.4 Å². The SMILES string of the molecule is COc1ccc([C@@H](O)[C@](C)(Cc2ccccc2)S(=O)(=O)C(C)(C)C)cc1. The molecule has 26 heavy (non-hydrogen) atoms. The highest BCUT2D eigenvalue weighted by Crippen LogP contribution is 2.41. The summed E-state index contributed by atoms with van der Waals surface area (Å²) in [4.78, 5) is 0. The monoisotopic (exact) mass is 376 g/mol. The van der Waals surface area contributed by atoms with E-state index in [1.54, 1.807) is 59.1 Å². The lowest BCUT2D eigenvalue weighted by molar-refractivity contribution is 0.129. The fraction of sp³-hybridized carbons (Fsp3) is 0.429. The number of rotatable bonds is 6. The van der Waals surface area contributed by atoms with Crippen molar-refractivity contribution in [1.29, 1.82) is 0 Å². The first-order valence-electron chi connectivity index (χ1n) is 8.63. The Morgan fingerprint density at radius 3 is 1.96 bits per heavy atom. The number of hydrogen-bond acceptors (Lipinski definition) is 4. The number of benzene rings is 2. The van der Waals surface area contributed by atoms with Crippen LogP contribution in [-0.4, -0.2) is 30.1 Å². The standard InChI is InChI=1S/C21H28O4S/c1-20(2,3)26(23,24)21(4,15-16-9-7-6-8-10-16)19(22)17-11-13-18(25-5)14-12-17/h6-14,19,22H,15H2,1-5H3/t19-,21+/m1/s1. The molecule has 2 aromatic rings. The molecule has 0 unspecified atom stereocenters. The van der Waals surface area contributed by atoms with Crippen LogP contribution in [0.15, 0.2) is 54.6 Å².